The molecule has 0 saturated carbocycles. The molecular weight excluding hydrogens is 160 g/mol. The number of carbonyl (C=O) groups excluding carboxylic acids is 1. The van der Waals surface area contributed by atoms with Gasteiger partial charge in [-0.05, 0) is 17.5 Å². The molecule has 0 aliphatic heterocycles. The van der Waals surface area contributed by atoms with Crippen LogP contribution in [0.4, 0.5) is 0 Å². The van der Waals surface area contributed by atoms with Gasteiger partial charge in [-0.25, -0.2) is 0 Å². The largest absolute Gasteiger partial charge is 0.303 e. The van der Waals surface area contributed by atoms with E-state index in [0.29, 0.717) is 0 Å². The summed E-state index contributed by atoms with van der Waals surface area (Å²) in [5, 5.41) is 0. The van der Waals surface area contributed by atoms with E-state index in [1.165, 1.54) is 11.1 Å². The van der Waals surface area contributed by atoms with Gasteiger partial charge in [-0.3, -0.25) is 0 Å². The van der Waals surface area contributed by atoms with Crippen molar-refractivity contribution in [3.05, 3.63) is 35.4 Å². The Labute approximate surface area is 79.8 Å². The van der Waals surface area contributed by atoms with Gasteiger partial charge in [0.1, 0.15) is 6.29 Å². The van der Waals surface area contributed by atoms with Crippen molar-refractivity contribution >= 4 is 6.29 Å². The van der Waals surface area contributed by atoms with E-state index >= 15 is 0 Å². The molecule has 0 aliphatic carbocycles. The van der Waals surface area contributed by atoms with E-state index in [2.05, 4.69) is 13.0 Å². The summed E-state index contributed by atoms with van der Waals surface area (Å²) in [4.78, 5) is 10.7. The summed E-state index contributed by atoms with van der Waals surface area (Å²) in [5.74, 6) is 0.0303. The third-order valence-corrected chi connectivity index (χ3v) is 2.27. The fourth-order valence-corrected chi connectivity index (χ4v) is 1.55. The van der Waals surface area contributed by atoms with Crippen molar-refractivity contribution in [1.29, 1.82) is 0 Å². The first kappa shape index (κ1) is 9.97. The number of aldehydes is 1. The Morgan fingerprint density at radius 2 is 2.08 bits per heavy atom. The fraction of sp³-hybridized carbons (Fsp3) is 0.417. The highest BCUT2D eigenvalue weighted by Crippen LogP contribution is 2.19. The summed E-state index contributed by atoms with van der Waals surface area (Å²) >= 11 is 0. The summed E-state index contributed by atoms with van der Waals surface area (Å²) in [7, 11) is 0. The molecule has 0 heterocycles. The van der Waals surface area contributed by atoms with Crippen LogP contribution in [0.25, 0.3) is 0 Å². The smallest absolute Gasteiger partial charge is 0.127 e. The number of benzene rings is 1. The molecule has 1 heteroatoms. The van der Waals surface area contributed by atoms with Crippen LogP contribution in [-0.4, -0.2) is 6.29 Å². The molecule has 0 saturated heterocycles. The van der Waals surface area contributed by atoms with Gasteiger partial charge < -0.3 is 4.79 Å². The van der Waals surface area contributed by atoms with Crippen LogP contribution in [0, 0.1) is 0 Å². The molecule has 13 heavy (non-hydrogen) atoms. The van der Waals surface area contributed by atoms with Gasteiger partial charge in [0.25, 0.3) is 0 Å². The molecule has 0 radical (unpaired) electrons. The van der Waals surface area contributed by atoms with Crippen molar-refractivity contribution in [2.24, 2.45) is 0 Å². The minimum atomic E-state index is 0.0303. The maximum absolute atomic E-state index is 10.7. The molecular formula is C12H16O. The topological polar surface area (TPSA) is 17.1 Å². The van der Waals surface area contributed by atoms with Gasteiger partial charge in [-0.15, -0.1) is 0 Å². The standard InChI is InChI=1S/C12H16O/c1-3-6-11-7-4-5-8-12(11)10(2)9-13/h4-5,7-10H,3,6H2,1-2H3. The van der Waals surface area contributed by atoms with Crippen LogP contribution >= 0.6 is 0 Å². The molecule has 70 valence electrons. The van der Waals surface area contributed by atoms with E-state index in [1.54, 1.807) is 0 Å². The molecule has 0 bridgehead atoms. The van der Waals surface area contributed by atoms with Crippen molar-refractivity contribution in [2.75, 3.05) is 0 Å². The fourth-order valence-electron chi connectivity index (χ4n) is 1.55. The first-order chi connectivity index (χ1) is 6.29. The van der Waals surface area contributed by atoms with E-state index in [9.17, 15) is 4.79 Å². The second-order valence-corrected chi connectivity index (χ2v) is 3.37. The van der Waals surface area contributed by atoms with Crippen LogP contribution in [0.2, 0.25) is 0 Å². The molecule has 1 aromatic carbocycles. The first-order valence-electron chi connectivity index (χ1n) is 4.82. The summed E-state index contributed by atoms with van der Waals surface area (Å²) in [6, 6.07) is 8.18. The summed E-state index contributed by atoms with van der Waals surface area (Å²) in [6.07, 6.45) is 3.20. The summed E-state index contributed by atoms with van der Waals surface area (Å²) in [6.45, 7) is 4.10. The lowest BCUT2D eigenvalue weighted by molar-refractivity contribution is -0.108. The van der Waals surface area contributed by atoms with E-state index < -0.39 is 0 Å². The highest BCUT2D eigenvalue weighted by atomic mass is 16.1. The average Bonchev–Trinajstić information content (AvgIpc) is 2.18. The van der Waals surface area contributed by atoms with Crippen molar-refractivity contribution in [3.63, 3.8) is 0 Å². The summed E-state index contributed by atoms with van der Waals surface area (Å²) < 4.78 is 0. The molecule has 1 rings (SSSR count). The van der Waals surface area contributed by atoms with Gasteiger partial charge in [-0.1, -0.05) is 44.5 Å². The quantitative estimate of drug-likeness (QED) is 0.645. The van der Waals surface area contributed by atoms with Gasteiger partial charge in [0.05, 0.1) is 0 Å². The number of hydrogen-bond donors (Lipinski definition) is 0. The number of hydrogen-bond acceptors (Lipinski definition) is 1. The van der Waals surface area contributed by atoms with Gasteiger partial charge in [0.15, 0.2) is 0 Å². The SMILES string of the molecule is CCCc1ccccc1C(C)C=O. The Morgan fingerprint density at radius 3 is 2.69 bits per heavy atom. The Bertz CT molecular complexity index is 278. The lowest BCUT2D eigenvalue weighted by Crippen LogP contribution is -1.99. The molecule has 1 nitrogen and oxygen atoms in total. The van der Waals surface area contributed by atoms with Crippen LogP contribution in [0.1, 0.15) is 37.3 Å². The summed E-state index contributed by atoms with van der Waals surface area (Å²) in [5.41, 5.74) is 2.49. The number of carbonyl (C=O) groups is 1. The number of aryl methyl sites for hydroxylation is 1. The van der Waals surface area contributed by atoms with Crippen LogP contribution in [0.5, 0.6) is 0 Å². The van der Waals surface area contributed by atoms with Gasteiger partial charge >= 0.3 is 0 Å². The zero-order valence-electron chi connectivity index (χ0n) is 8.29. The molecule has 0 fully saturated rings. The zero-order valence-corrected chi connectivity index (χ0v) is 8.29. The monoisotopic (exact) mass is 176 g/mol. The lowest BCUT2D eigenvalue weighted by atomic mass is 9.94. The van der Waals surface area contributed by atoms with Crippen molar-refractivity contribution in [2.45, 2.75) is 32.6 Å². The molecule has 1 unspecified atom stereocenters. The predicted octanol–water partition coefficient (Wildman–Crippen LogP) is 2.94. The number of rotatable bonds is 4. The van der Waals surface area contributed by atoms with Crippen molar-refractivity contribution < 1.29 is 4.79 Å². The lowest BCUT2D eigenvalue weighted by Gasteiger charge is -2.10. The molecule has 1 aromatic rings. The third-order valence-electron chi connectivity index (χ3n) is 2.27. The van der Waals surface area contributed by atoms with Crippen LogP contribution in [0.3, 0.4) is 0 Å². The van der Waals surface area contributed by atoms with Crippen molar-refractivity contribution in [3.8, 4) is 0 Å². The maximum atomic E-state index is 10.7. The first-order valence-corrected chi connectivity index (χ1v) is 4.82. The minimum absolute atomic E-state index is 0.0303. The van der Waals surface area contributed by atoms with E-state index in [0.717, 1.165) is 19.1 Å². The normalized spacial score (nSPS) is 12.5. The van der Waals surface area contributed by atoms with Gasteiger partial charge in [0, 0.05) is 5.92 Å². The second kappa shape index (κ2) is 4.80. The molecule has 1 atom stereocenters. The Hall–Kier alpha value is -1.11. The van der Waals surface area contributed by atoms with E-state index in [4.69, 9.17) is 0 Å². The van der Waals surface area contributed by atoms with Gasteiger partial charge in [-0.2, -0.15) is 0 Å². The minimum Gasteiger partial charge on any atom is -0.303 e. The van der Waals surface area contributed by atoms with Crippen LogP contribution in [-0.2, 0) is 11.2 Å². The van der Waals surface area contributed by atoms with Crippen molar-refractivity contribution in [1.82, 2.24) is 0 Å². The van der Waals surface area contributed by atoms with E-state index in [-0.39, 0.29) is 5.92 Å². The van der Waals surface area contributed by atoms with Gasteiger partial charge in [0.2, 0.25) is 0 Å². The second-order valence-electron chi connectivity index (χ2n) is 3.37. The maximum Gasteiger partial charge on any atom is 0.127 e. The average molecular weight is 176 g/mol. The molecule has 0 N–H and O–H groups in total. The Balaban J connectivity index is 2.96. The van der Waals surface area contributed by atoms with Crippen LogP contribution in [0.15, 0.2) is 24.3 Å². The molecule has 0 aromatic heterocycles. The Morgan fingerprint density at radius 1 is 1.38 bits per heavy atom. The highest BCUT2D eigenvalue weighted by molar-refractivity contribution is 5.62. The molecule has 0 amide bonds. The molecule has 0 spiro atoms. The Kier molecular flexibility index (Phi) is 3.69. The van der Waals surface area contributed by atoms with Crippen LogP contribution < -0.4 is 0 Å². The molecule has 0 aliphatic rings. The zero-order chi connectivity index (χ0) is 9.68. The predicted molar refractivity (Wildman–Crippen MR) is 54.9 cm³/mol. The van der Waals surface area contributed by atoms with E-state index in [1.807, 2.05) is 25.1 Å². The third kappa shape index (κ3) is 2.41. The highest BCUT2D eigenvalue weighted by Gasteiger charge is 2.07.